The Bertz CT molecular complexity index is 62.8. The summed E-state index contributed by atoms with van der Waals surface area (Å²) >= 11 is 2.04. The Balaban J connectivity index is -0.000000168. The average Bonchev–Trinajstić information content (AvgIpc) is 2.15. The Morgan fingerprint density at radius 2 is 1.64 bits per heavy atom. The van der Waals surface area contributed by atoms with Crippen molar-refractivity contribution in [2.45, 2.75) is 24.7 Å². The van der Waals surface area contributed by atoms with Gasteiger partial charge in [-0.2, -0.15) is 0 Å². The molecule has 0 aromatic rings. The Morgan fingerprint density at radius 3 is 1.93 bits per heavy atom. The minimum absolute atomic E-state index is 0. The molecule has 0 aliphatic carbocycles. The first-order valence-corrected chi connectivity index (χ1v) is 10.2. The summed E-state index contributed by atoms with van der Waals surface area (Å²) in [6.07, 6.45) is 3.45. The van der Waals surface area contributed by atoms with E-state index in [1.165, 1.54) is 14.6 Å². The third kappa shape index (κ3) is 51.9. The van der Waals surface area contributed by atoms with Gasteiger partial charge in [0.2, 0.25) is 0 Å². The first-order valence-electron chi connectivity index (χ1n) is 4.80. The van der Waals surface area contributed by atoms with Gasteiger partial charge in [0.05, 0.1) is 0 Å². The van der Waals surface area contributed by atoms with Crippen LogP contribution in [0, 0.1) is 0 Å². The normalized spacial score (nSPS) is 7.57. The van der Waals surface area contributed by atoms with Gasteiger partial charge in [-0.15, -0.1) is 13.2 Å². The molecule has 0 aliphatic rings. The van der Waals surface area contributed by atoms with E-state index in [4.69, 9.17) is 15.9 Å². The van der Waals surface area contributed by atoms with E-state index in [9.17, 15) is 0 Å². The molecule has 0 bridgehead atoms. The van der Waals surface area contributed by atoms with Crippen LogP contribution in [0.2, 0.25) is 4.44 Å². The molecule has 0 unspecified atom stereocenters. The predicted molar refractivity (Wildman–Crippen MR) is 63.7 cm³/mol. The van der Waals surface area contributed by atoms with Gasteiger partial charge in [-0.25, -0.2) is 0 Å². The molecular weight excluding hydrogens is 305 g/mol. The molecule has 0 amide bonds. The molecule has 0 saturated heterocycles. The van der Waals surface area contributed by atoms with Gasteiger partial charge in [0.25, 0.3) is 0 Å². The van der Waals surface area contributed by atoms with Crippen LogP contribution in [0.3, 0.4) is 0 Å². The monoisotopic (exact) mass is 329 g/mol. The molecule has 0 saturated carbocycles. The first kappa shape index (κ1) is 20.4. The topological polar surface area (TPSA) is 72.1 Å². The van der Waals surface area contributed by atoms with Crippen LogP contribution >= 0.6 is 11.8 Å². The van der Waals surface area contributed by atoms with Crippen LogP contribution in [0.25, 0.3) is 0 Å². The number of rotatable bonds is 5. The Kier molecular flexibility index (Phi) is 42.7. The standard InChI is InChI=1S/C3H8N.2C2H5O.C2H5S.Sn/c1-2-3-4;2*1-2-3;1-3-2;/h1-4H2;2*2H2,1H3;1H2,2H3;/q;2*-1;;+2. The summed E-state index contributed by atoms with van der Waals surface area (Å²) < 4.78 is 2.93. The fourth-order valence-corrected chi connectivity index (χ4v) is 5.03. The van der Waals surface area contributed by atoms with Crippen molar-refractivity contribution in [2.24, 2.45) is 5.73 Å². The zero-order valence-electron chi connectivity index (χ0n) is 9.54. The van der Waals surface area contributed by atoms with Crippen LogP contribution in [0.5, 0.6) is 0 Å². The van der Waals surface area contributed by atoms with Crippen molar-refractivity contribution in [1.29, 1.82) is 0 Å². The summed E-state index contributed by atoms with van der Waals surface area (Å²) in [5.41, 5.74) is 5.33. The molecule has 0 spiro atoms. The van der Waals surface area contributed by atoms with E-state index in [0.717, 1.165) is 6.54 Å². The maximum absolute atomic E-state index is 8.93. The molecule has 0 aromatic heterocycles. The minimum atomic E-state index is 0. The zero-order chi connectivity index (χ0) is 11.7. The van der Waals surface area contributed by atoms with Gasteiger partial charge in [0.15, 0.2) is 0 Å². The van der Waals surface area contributed by atoms with E-state index < -0.39 is 0 Å². The Morgan fingerprint density at radius 1 is 1.21 bits per heavy atom. The molecule has 0 aromatic carbocycles. The molecule has 14 heavy (non-hydrogen) atoms. The average molecular weight is 328 g/mol. The van der Waals surface area contributed by atoms with Gasteiger partial charge in [-0.05, 0) is 0 Å². The van der Waals surface area contributed by atoms with E-state index in [1.807, 2.05) is 11.8 Å². The number of hydrogen-bond donors (Lipinski definition) is 1. The van der Waals surface area contributed by atoms with Crippen LogP contribution < -0.4 is 15.9 Å². The third-order valence-corrected chi connectivity index (χ3v) is 7.53. The summed E-state index contributed by atoms with van der Waals surface area (Å²) in [7, 11) is 0. The molecule has 3 nitrogen and oxygen atoms in total. The molecule has 2 N–H and O–H groups in total. The van der Waals surface area contributed by atoms with E-state index in [2.05, 4.69) is 6.26 Å². The van der Waals surface area contributed by atoms with Gasteiger partial charge < -0.3 is 10.2 Å². The maximum atomic E-state index is 8.93. The van der Waals surface area contributed by atoms with E-state index in [-0.39, 0.29) is 34.4 Å². The van der Waals surface area contributed by atoms with Gasteiger partial charge in [0.1, 0.15) is 0 Å². The molecule has 86 valence electrons. The predicted octanol–water partition coefficient (Wildman–Crippen LogP) is -0.489. The molecule has 0 atom stereocenters. The summed E-state index contributed by atoms with van der Waals surface area (Å²) in [5, 5.41) is 17.9. The zero-order valence-corrected chi connectivity index (χ0v) is 13.2. The SMILES string of the molecule is CC[O-].CC[O-].CS[CH2][Sn+2][CH2]CCN. The summed E-state index contributed by atoms with van der Waals surface area (Å²) in [6.45, 7) is 4.04. The van der Waals surface area contributed by atoms with Crippen molar-refractivity contribution < 1.29 is 10.2 Å². The second-order valence-corrected chi connectivity index (χ2v) is 8.34. The summed E-state index contributed by atoms with van der Waals surface area (Å²) in [4.78, 5) is 0. The molecular formula is C9H23NO2SSn. The second-order valence-electron chi connectivity index (χ2n) is 2.15. The van der Waals surface area contributed by atoms with Crippen LogP contribution in [0.15, 0.2) is 0 Å². The molecule has 5 heteroatoms. The molecule has 0 rings (SSSR count). The van der Waals surface area contributed by atoms with Crippen LogP contribution in [-0.4, -0.2) is 50.9 Å². The second kappa shape index (κ2) is 29.2. The van der Waals surface area contributed by atoms with Gasteiger partial charge >= 0.3 is 66.1 Å². The Hall–Kier alpha value is 1.03. The quantitative estimate of drug-likeness (QED) is 0.546. The van der Waals surface area contributed by atoms with Crippen LogP contribution in [0.1, 0.15) is 20.3 Å². The number of hydrogen-bond acceptors (Lipinski definition) is 4. The fraction of sp³-hybridized carbons (Fsp3) is 1.00. The van der Waals surface area contributed by atoms with Gasteiger partial charge in [0, 0.05) is 0 Å². The summed E-state index contributed by atoms with van der Waals surface area (Å²) in [6, 6.07) is 0. The van der Waals surface area contributed by atoms with E-state index in [1.54, 1.807) is 13.8 Å². The third-order valence-electron chi connectivity index (χ3n) is 0.804. The van der Waals surface area contributed by atoms with E-state index >= 15 is 0 Å². The van der Waals surface area contributed by atoms with Crippen LogP contribution in [0.4, 0.5) is 0 Å². The molecule has 0 heterocycles. The number of thioether (sulfide) groups is 1. The number of nitrogens with two attached hydrogens (primary N) is 1. The van der Waals surface area contributed by atoms with E-state index in [0.29, 0.717) is 0 Å². The first-order chi connectivity index (χ1) is 6.74. The van der Waals surface area contributed by atoms with Crippen molar-refractivity contribution >= 4 is 32.9 Å². The van der Waals surface area contributed by atoms with Crippen molar-refractivity contribution in [3.8, 4) is 0 Å². The molecule has 0 fully saturated rings. The summed E-state index contributed by atoms with van der Waals surface area (Å²) in [5.74, 6) is 0. The fourth-order valence-electron chi connectivity index (χ4n) is 0.401. The molecule has 0 aliphatic heterocycles. The van der Waals surface area contributed by atoms with Crippen molar-refractivity contribution in [3.05, 3.63) is 0 Å². The van der Waals surface area contributed by atoms with Crippen molar-refractivity contribution in [3.63, 3.8) is 0 Å². The van der Waals surface area contributed by atoms with Crippen molar-refractivity contribution in [2.75, 3.05) is 29.8 Å². The molecule has 0 radical (unpaired) electrons. The van der Waals surface area contributed by atoms with Crippen molar-refractivity contribution in [1.82, 2.24) is 0 Å². The van der Waals surface area contributed by atoms with Gasteiger partial charge in [-0.1, -0.05) is 13.8 Å². The van der Waals surface area contributed by atoms with Gasteiger partial charge in [-0.3, -0.25) is 0 Å². The van der Waals surface area contributed by atoms with Crippen LogP contribution in [-0.2, 0) is 0 Å². The Labute approximate surface area is 103 Å².